The van der Waals surface area contributed by atoms with Crippen LogP contribution < -0.4 is 4.90 Å². The van der Waals surface area contributed by atoms with E-state index in [2.05, 4.69) is 0 Å². The van der Waals surface area contributed by atoms with Crippen molar-refractivity contribution in [2.45, 2.75) is 13.8 Å². The molecule has 0 aliphatic carbocycles. The minimum atomic E-state index is -0.259. The third kappa shape index (κ3) is 4.44. The van der Waals surface area contributed by atoms with Crippen molar-refractivity contribution >= 4 is 34.9 Å². The average molecular weight is 276 g/mol. The van der Waals surface area contributed by atoms with Gasteiger partial charge in [-0.15, -0.1) is 0 Å². The normalized spacial score (nSPS) is 10.1. The summed E-state index contributed by atoms with van der Waals surface area (Å²) in [5.41, 5.74) is 0.818. The maximum absolute atomic E-state index is 11.4. The minimum Gasteiger partial charge on any atom is -0.465 e. The van der Waals surface area contributed by atoms with Crippen LogP contribution in [0.3, 0.4) is 0 Å². The van der Waals surface area contributed by atoms with Gasteiger partial charge < -0.3 is 9.64 Å². The Hall–Kier alpha value is -0.930. The molecule has 0 spiro atoms. The molecule has 0 amide bonds. The van der Waals surface area contributed by atoms with Crippen LogP contribution in [0.2, 0.25) is 10.0 Å². The van der Waals surface area contributed by atoms with Crippen LogP contribution in [-0.4, -0.2) is 25.7 Å². The number of ether oxygens (including phenoxy) is 1. The van der Waals surface area contributed by atoms with Crippen molar-refractivity contribution in [2.24, 2.45) is 0 Å². The molecular formula is C12H15Cl2NO2. The molecule has 5 heteroatoms. The van der Waals surface area contributed by atoms with Crippen LogP contribution >= 0.6 is 23.2 Å². The summed E-state index contributed by atoms with van der Waals surface area (Å²) in [4.78, 5) is 13.3. The fourth-order valence-corrected chi connectivity index (χ4v) is 1.98. The van der Waals surface area contributed by atoms with Gasteiger partial charge in [-0.2, -0.15) is 0 Å². The number of likely N-dealkylation sites (N-methyl/N-ethyl adjacent to an activating group) is 1. The van der Waals surface area contributed by atoms with Gasteiger partial charge in [0.2, 0.25) is 0 Å². The van der Waals surface area contributed by atoms with Crippen molar-refractivity contribution in [3.8, 4) is 0 Å². The van der Waals surface area contributed by atoms with E-state index in [1.165, 1.54) is 0 Å². The zero-order valence-corrected chi connectivity index (χ0v) is 11.4. The van der Waals surface area contributed by atoms with Gasteiger partial charge >= 0.3 is 5.97 Å². The van der Waals surface area contributed by atoms with Crippen molar-refractivity contribution in [2.75, 3.05) is 24.6 Å². The van der Waals surface area contributed by atoms with Crippen molar-refractivity contribution in [1.82, 2.24) is 0 Å². The number of nitrogens with zero attached hydrogens (tertiary/aromatic N) is 1. The van der Waals surface area contributed by atoms with Crippen LogP contribution in [0.15, 0.2) is 18.2 Å². The van der Waals surface area contributed by atoms with E-state index in [9.17, 15) is 4.79 Å². The number of anilines is 1. The summed E-state index contributed by atoms with van der Waals surface area (Å²) < 4.78 is 4.91. The van der Waals surface area contributed by atoms with Crippen LogP contribution in [0.1, 0.15) is 13.8 Å². The Bertz CT molecular complexity index is 376. The number of benzene rings is 1. The van der Waals surface area contributed by atoms with Gasteiger partial charge in [0.1, 0.15) is 6.54 Å². The second kappa shape index (κ2) is 6.72. The second-order valence-corrected chi connectivity index (χ2v) is 4.32. The van der Waals surface area contributed by atoms with Gasteiger partial charge in [-0.1, -0.05) is 23.2 Å². The minimum absolute atomic E-state index is 0.195. The molecule has 1 aromatic rings. The first-order valence-corrected chi connectivity index (χ1v) is 6.19. The molecule has 0 atom stereocenters. The molecule has 0 unspecified atom stereocenters. The third-order valence-electron chi connectivity index (χ3n) is 2.22. The average Bonchev–Trinajstić information content (AvgIpc) is 2.24. The summed E-state index contributed by atoms with van der Waals surface area (Å²) in [7, 11) is 0. The molecule has 0 heterocycles. The van der Waals surface area contributed by atoms with Crippen LogP contribution in [0.4, 0.5) is 5.69 Å². The molecular weight excluding hydrogens is 261 g/mol. The highest BCUT2D eigenvalue weighted by Gasteiger charge is 2.11. The van der Waals surface area contributed by atoms with Crippen LogP contribution in [0.25, 0.3) is 0 Å². The predicted octanol–water partition coefficient (Wildman–Crippen LogP) is 3.38. The fourth-order valence-electron chi connectivity index (χ4n) is 1.47. The standard InChI is InChI=1S/C12H15Cl2NO2/c1-3-15(8-12(16)17-4-2)11-6-9(13)5-10(14)7-11/h5-7H,3-4,8H2,1-2H3. The summed E-state index contributed by atoms with van der Waals surface area (Å²) in [5.74, 6) is -0.259. The van der Waals surface area contributed by atoms with Gasteiger partial charge in [0.25, 0.3) is 0 Å². The highest BCUT2D eigenvalue weighted by atomic mass is 35.5. The molecule has 0 bridgehead atoms. The molecule has 0 aliphatic heterocycles. The molecule has 0 fully saturated rings. The first kappa shape index (κ1) is 14.1. The SMILES string of the molecule is CCOC(=O)CN(CC)c1cc(Cl)cc(Cl)c1. The molecule has 0 aliphatic rings. The molecule has 0 saturated heterocycles. The van der Waals surface area contributed by atoms with Gasteiger partial charge in [0, 0.05) is 22.3 Å². The molecule has 1 rings (SSSR count). The van der Waals surface area contributed by atoms with Crippen molar-refractivity contribution in [3.05, 3.63) is 28.2 Å². The number of esters is 1. The Kier molecular flexibility index (Phi) is 5.59. The lowest BCUT2D eigenvalue weighted by Crippen LogP contribution is -2.30. The second-order valence-electron chi connectivity index (χ2n) is 3.45. The van der Waals surface area contributed by atoms with E-state index in [0.29, 0.717) is 23.2 Å². The van der Waals surface area contributed by atoms with E-state index >= 15 is 0 Å². The molecule has 17 heavy (non-hydrogen) atoms. The summed E-state index contributed by atoms with van der Waals surface area (Å²) in [5, 5.41) is 1.10. The quantitative estimate of drug-likeness (QED) is 0.772. The van der Waals surface area contributed by atoms with Crippen molar-refractivity contribution < 1.29 is 9.53 Å². The first-order valence-electron chi connectivity index (χ1n) is 5.43. The third-order valence-corrected chi connectivity index (χ3v) is 2.66. The van der Waals surface area contributed by atoms with Crippen molar-refractivity contribution in [3.63, 3.8) is 0 Å². The Labute approximate surface area is 111 Å². The van der Waals surface area contributed by atoms with Gasteiger partial charge in [0.15, 0.2) is 0 Å². The van der Waals surface area contributed by atoms with Crippen LogP contribution in [0, 0.1) is 0 Å². The Morgan fingerprint density at radius 3 is 2.29 bits per heavy atom. The lowest BCUT2D eigenvalue weighted by molar-refractivity contribution is -0.141. The Balaban J connectivity index is 2.82. The molecule has 0 aromatic heterocycles. The lowest BCUT2D eigenvalue weighted by atomic mass is 10.3. The topological polar surface area (TPSA) is 29.5 Å². The lowest BCUT2D eigenvalue weighted by Gasteiger charge is -2.22. The summed E-state index contributed by atoms with van der Waals surface area (Å²) in [6.45, 7) is 4.99. The maximum atomic E-state index is 11.4. The fraction of sp³-hybridized carbons (Fsp3) is 0.417. The van der Waals surface area contributed by atoms with Gasteiger partial charge in [0.05, 0.1) is 6.61 Å². The maximum Gasteiger partial charge on any atom is 0.325 e. The van der Waals surface area contributed by atoms with Crippen molar-refractivity contribution in [1.29, 1.82) is 0 Å². The van der Waals surface area contributed by atoms with Gasteiger partial charge in [-0.05, 0) is 32.0 Å². The zero-order valence-electron chi connectivity index (χ0n) is 9.87. The zero-order chi connectivity index (χ0) is 12.8. The Morgan fingerprint density at radius 2 is 1.82 bits per heavy atom. The van der Waals surface area contributed by atoms with E-state index < -0.39 is 0 Å². The summed E-state index contributed by atoms with van der Waals surface area (Å²) in [6.07, 6.45) is 0. The Morgan fingerprint density at radius 1 is 1.24 bits per heavy atom. The van der Waals surface area contributed by atoms with E-state index in [1.54, 1.807) is 25.1 Å². The number of halogens is 2. The number of carbonyl (C=O) groups excluding carboxylic acids is 1. The summed E-state index contributed by atoms with van der Waals surface area (Å²) in [6, 6.07) is 5.21. The number of carbonyl (C=O) groups is 1. The van der Waals surface area contributed by atoms with E-state index in [0.717, 1.165) is 5.69 Å². The smallest absolute Gasteiger partial charge is 0.325 e. The number of hydrogen-bond donors (Lipinski definition) is 0. The highest BCUT2D eigenvalue weighted by Crippen LogP contribution is 2.25. The predicted molar refractivity (Wildman–Crippen MR) is 71.0 cm³/mol. The van der Waals surface area contributed by atoms with Crippen LogP contribution in [-0.2, 0) is 9.53 Å². The van der Waals surface area contributed by atoms with Gasteiger partial charge in [-0.3, -0.25) is 4.79 Å². The van der Waals surface area contributed by atoms with E-state index in [4.69, 9.17) is 27.9 Å². The largest absolute Gasteiger partial charge is 0.465 e. The summed E-state index contributed by atoms with van der Waals surface area (Å²) >= 11 is 11.8. The molecule has 3 nitrogen and oxygen atoms in total. The number of rotatable bonds is 5. The first-order chi connectivity index (χ1) is 8.06. The molecule has 94 valence electrons. The monoisotopic (exact) mass is 275 g/mol. The van der Waals surface area contributed by atoms with E-state index in [-0.39, 0.29) is 12.5 Å². The van der Waals surface area contributed by atoms with Crippen LogP contribution in [0.5, 0.6) is 0 Å². The highest BCUT2D eigenvalue weighted by molar-refractivity contribution is 6.35. The molecule has 1 aromatic carbocycles. The molecule has 0 N–H and O–H groups in total. The van der Waals surface area contributed by atoms with E-state index in [1.807, 2.05) is 11.8 Å². The number of hydrogen-bond acceptors (Lipinski definition) is 3. The molecule has 0 saturated carbocycles. The molecule has 0 radical (unpaired) electrons. The van der Waals surface area contributed by atoms with Gasteiger partial charge in [-0.25, -0.2) is 0 Å².